The van der Waals surface area contributed by atoms with Gasteiger partial charge in [0.15, 0.2) is 5.75 Å². The normalized spacial score (nSPS) is 9.24. The van der Waals surface area contributed by atoms with Gasteiger partial charge in [-0.05, 0) is 19.1 Å². The maximum absolute atomic E-state index is 10.5. The lowest BCUT2D eigenvalue weighted by atomic mass is 10.4. The van der Waals surface area contributed by atoms with Gasteiger partial charge in [-0.25, -0.2) is 4.79 Å². The fourth-order valence-corrected chi connectivity index (χ4v) is 0.859. The van der Waals surface area contributed by atoms with E-state index in [0.29, 0.717) is 5.76 Å². The second kappa shape index (κ2) is 5.55. The van der Waals surface area contributed by atoms with Crippen LogP contribution in [0, 0.1) is 6.92 Å². The SMILES string of the molecule is Cc1cc(=O)c(O)co1.O=c1occcc1O. The predicted molar refractivity (Wildman–Crippen MR) is 58.0 cm³/mol. The standard InChI is InChI=1S/C6H6O3.C5H4O3/c1-4-2-5(7)6(8)3-9-4;6-4-2-1-3-8-5(4)7/h2-3,8H,1H3;1-3,6H. The smallest absolute Gasteiger partial charge is 0.378 e. The van der Waals surface area contributed by atoms with Crippen molar-refractivity contribution in [2.24, 2.45) is 0 Å². The molecule has 0 atom stereocenters. The molecule has 0 aliphatic rings. The Hall–Kier alpha value is -2.50. The topological polar surface area (TPSA) is 101 Å². The molecule has 0 unspecified atom stereocenters. The Morgan fingerprint density at radius 3 is 2.24 bits per heavy atom. The van der Waals surface area contributed by atoms with E-state index in [0.717, 1.165) is 6.26 Å². The zero-order valence-electron chi connectivity index (χ0n) is 8.91. The summed E-state index contributed by atoms with van der Waals surface area (Å²) in [6.45, 7) is 1.64. The zero-order valence-corrected chi connectivity index (χ0v) is 8.91. The maximum atomic E-state index is 10.5. The van der Waals surface area contributed by atoms with Gasteiger partial charge in [-0.1, -0.05) is 0 Å². The van der Waals surface area contributed by atoms with Gasteiger partial charge in [0.25, 0.3) is 0 Å². The summed E-state index contributed by atoms with van der Waals surface area (Å²) in [6.07, 6.45) is 2.24. The fraction of sp³-hybridized carbons (Fsp3) is 0.0909. The van der Waals surface area contributed by atoms with E-state index in [1.165, 1.54) is 24.5 Å². The largest absolute Gasteiger partial charge is 0.502 e. The molecule has 6 heteroatoms. The van der Waals surface area contributed by atoms with Crippen LogP contribution < -0.4 is 11.1 Å². The highest BCUT2D eigenvalue weighted by atomic mass is 16.4. The average molecular weight is 238 g/mol. The molecule has 2 aromatic heterocycles. The third-order valence-electron chi connectivity index (χ3n) is 1.66. The van der Waals surface area contributed by atoms with E-state index in [4.69, 9.17) is 10.2 Å². The van der Waals surface area contributed by atoms with Gasteiger partial charge in [0.1, 0.15) is 12.0 Å². The Kier molecular flexibility index (Phi) is 4.10. The van der Waals surface area contributed by atoms with Crippen LogP contribution in [0.15, 0.2) is 49.1 Å². The van der Waals surface area contributed by atoms with Gasteiger partial charge in [0, 0.05) is 6.07 Å². The van der Waals surface area contributed by atoms with Crippen molar-refractivity contribution >= 4 is 0 Å². The molecule has 0 saturated carbocycles. The molecule has 0 saturated heterocycles. The van der Waals surface area contributed by atoms with Crippen molar-refractivity contribution in [3.8, 4) is 11.5 Å². The van der Waals surface area contributed by atoms with E-state index >= 15 is 0 Å². The molecule has 2 rings (SSSR count). The summed E-state index contributed by atoms with van der Waals surface area (Å²) < 4.78 is 8.94. The number of hydrogen-bond donors (Lipinski definition) is 2. The summed E-state index contributed by atoms with van der Waals surface area (Å²) in [5, 5.41) is 17.2. The summed E-state index contributed by atoms with van der Waals surface area (Å²) in [4.78, 5) is 20.7. The first-order valence-corrected chi connectivity index (χ1v) is 4.56. The number of rotatable bonds is 0. The van der Waals surface area contributed by atoms with Crippen LogP contribution in [0.25, 0.3) is 0 Å². The quantitative estimate of drug-likeness (QED) is 0.710. The van der Waals surface area contributed by atoms with Crippen LogP contribution in [0.1, 0.15) is 5.76 Å². The first-order chi connectivity index (χ1) is 8.00. The fourth-order valence-electron chi connectivity index (χ4n) is 0.859. The molecule has 2 aromatic rings. The van der Waals surface area contributed by atoms with Crippen molar-refractivity contribution < 1.29 is 19.0 Å². The Morgan fingerprint density at radius 2 is 1.82 bits per heavy atom. The monoisotopic (exact) mass is 238 g/mol. The van der Waals surface area contributed by atoms with Crippen molar-refractivity contribution in [2.45, 2.75) is 6.92 Å². The Labute approximate surface area is 95.4 Å². The van der Waals surface area contributed by atoms with E-state index in [1.54, 1.807) is 6.92 Å². The minimum Gasteiger partial charge on any atom is -0.502 e. The highest BCUT2D eigenvalue weighted by molar-refractivity contribution is 5.14. The third-order valence-corrected chi connectivity index (χ3v) is 1.66. The average Bonchev–Trinajstić information content (AvgIpc) is 2.29. The van der Waals surface area contributed by atoms with Gasteiger partial charge in [-0.2, -0.15) is 0 Å². The predicted octanol–water partition coefficient (Wildman–Crippen LogP) is 0.999. The molecule has 6 nitrogen and oxygen atoms in total. The van der Waals surface area contributed by atoms with Gasteiger partial charge in [-0.15, -0.1) is 0 Å². The van der Waals surface area contributed by atoms with Crippen molar-refractivity contribution in [3.05, 3.63) is 57.1 Å². The molecule has 0 spiro atoms. The summed E-state index contributed by atoms with van der Waals surface area (Å²) in [5.74, 6) is -0.203. The maximum Gasteiger partial charge on any atom is 0.378 e. The summed E-state index contributed by atoms with van der Waals surface area (Å²) >= 11 is 0. The summed E-state index contributed by atoms with van der Waals surface area (Å²) in [5.41, 5.74) is -1.11. The lowest BCUT2D eigenvalue weighted by Gasteiger charge is -1.88. The van der Waals surface area contributed by atoms with E-state index in [-0.39, 0.29) is 11.5 Å². The molecule has 0 radical (unpaired) electrons. The van der Waals surface area contributed by atoms with E-state index < -0.39 is 11.1 Å². The first kappa shape index (κ1) is 12.6. The van der Waals surface area contributed by atoms with Gasteiger partial charge >= 0.3 is 5.63 Å². The van der Waals surface area contributed by atoms with E-state index in [2.05, 4.69) is 8.83 Å². The first-order valence-electron chi connectivity index (χ1n) is 4.56. The Balaban J connectivity index is 0.000000171. The molecule has 90 valence electrons. The number of aromatic hydroxyl groups is 2. The molecule has 17 heavy (non-hydrogen) atoms. The minimum atomic E-state index is -0.701. The Bertz CT molecular complexity index is 595. The highest BCUT2D eigenvalue weighted by Gasteiger charge is 1.94. The van der Waals surface area contributed by atoms with Crippen LogP contribution in [-0.2, 0) is 0 Å². The lowest BCUT2D eigenvalue weighted by Crippen LogP contribution is -1.96. The molecule has 0 aliphatic carbocycles. The van der Waals surface area contributed by atoms with Crippen LogP contribution in [0.2, 0.25) is 0 Å². The highest BCUT2D eigenvalue weighted by Crippen LogP contribution is 2.00. The lowest BCUT2D eigenvalue weighted by molar-refractivity contribution is 0.412. The molecular formula is C11H10O6. The summed E-state index contributed by atoms with van der Waals surface area (Å²) in [6, 6.07) is 3.94. The van der Waals surface area contributed by atoms with Crippen LogP contribution >= 0.6 is 0 Å². The van der Waals surface area contributed by atoms with Gasteiger partial charge in [-0.3, -0.25) is 4.79 Å². The molecule has 2 heterocycles. The molecule has 0 aromatic carbocycles. The van der Waals surface area contributed by atoms with Crippen molar-refractivity contribution in [3.63, 3.8) is 0 Å². The number of hydrogen-bond acceptors (Lipinski definition) is 6. The van der Waals surface area contributed by atoms with Crippen LogP contribution in [0.4, 0.5) is 0 Å². The number of aryl methyl sites for hydroxylation is 1. The van der Waals surface area contributed by atoms with Gasteiger partial charge in [0.05, 0.1) is 6.26 Å². The van der Waals surface area contributed by atoms with E-state index in [1.807, 2.05) is 0 Å². The second-order valence-electron chi connectivity index (χ2n) is 3.03. The minimum absolute atomic E-state index is 0.347. The van der Waals surface area contributed by atoms with Crippen LogP contribution in [-0.4, -0.2) is 10.2 Å². The van der Waals surface area contributed by atoms with Crippen molar-refractivity contribution in [1.29, 1.82) is 0 Å². The van der Waals surface area contributed by atoms with Crippen LogP contribution in [0.3, 0.4) is 0 Å². The van der Waals surface area contributed by atoms with Crippen LogP contribution in [0.5, 0.6) is 11.5 Å². The molecule has 0 aliphatic heterocycles. The van der Waals surface area contributed by atoms with Gasteiger partial charge < -0.3 is 19.0 Å². The van der Waals surface area contributed by atoms with Crippen molar-refractivity contribution in [1.82, 2.24) is 0 Å². The van der Waals surface area contributed by atoms with Crippen molar-refractivity contribution in [2.75, 3.05) is 0 Å². The molecular weight excluding hydrogens is 228 g/mol. The van der Waals surface area contributed by atoms with E-state index in [9.17, 15) is 9.59 Å². The second-order valence-corrected chi connectivity index (χ2v) is 3.03. The van der Waals surface area contributed by atoms with Gasteiger partial charge in [0.2, 0.25) is 11.2 Å². The molecule has 2 N–H and O–H groups in total. The summed E-state index contributed by atoms with van der Waals surface area (Å²) in [7, 11) is 0. The molecule has 0 amide bonds. The Morgan fingerprint density at radius 1 is 1.12 bits per heavy atom. The molecule has 0 fully saturated rings. The zero-order chi connectivity index (χ0) is 12.8. The third kappa shape index (κ3) is 3.86. The molecule has 0 bridgehead atoms.